The van der Waals surface area contributed by atoms with E-state index < -0.39 is 0 Å². The molecule has 2 aliphatic heterocycles. The Morgan fingerprint density at radius 2 is 2.16 bits per heavy atom. The quantitative estimate of drug-likeness (QED) is 0.719. The van der Waals surface area contributed by atoms with Gasteiger partial charge in [0.25, 0.3) is 0 Å². The van der Waals surface area contributed by atoms with E-state index in [0.29, 0.717) is 25.3 Å². The molecule has 0 aromatic heterocycles. The van der Waals surface area contributed by atoms with Crippen molar-refractivity contribution in [2.75, 3.05) is 18.8 Å². The molecule has 19 heavy (non-hydrogen) atoms. The summed E-state index contributed by atoms with van der Waals surface area (Å²) in [6, 6.07) is -0.329. The first-order valence-corrected chi connectivity index (χ1v) is 7.49. The van der Waals surface area contributed by atoms with Gasteiger partial charge in [-0.3, -0.25) is 9.59 Å². The van der Waals surface area contributed by atoms with E-state index in [4.69, 9.17) is 0 Å². The molecule has 0 aliphatic carbocycles. The molecule has 0 radical (unpaired) electrons. The Hall–Kier alpha value is -1.23. The maximum atomic E-state index is 12.6. The van der Waals surface area contributed by atoms with Crippen molar-refractivity contribution in [3.63, 3.8) is 0 Å². The summed E-state index contributed by atoms with van der Waals surface area (Å²) in [5.41, 5.74) is 0. The lowest BCUT2D eigenvalue weighted by Crippen LogP contribution is -2.51. The van der Waals surface area contributed by atoms with Crippen molar-refractivity contribution >= 4 is 23.6 Å². The zero-order valence-corrected chi connectivity index (χ0v) is 12.1. The lowest BCUT2D eigenvalue weighted by Gasteiger charge is -2.32. The van der Waals surface area contributed by atoms with Gasteiger partial charge in [-0.2, -0.15) is 0 Å². The number of thioether (sulfide) groups is 1. The van der Waals surface area contributed by atoms with E-state index in [1.54, 1.807) is 33.7 Å². The molecule has 2 rings (SSSR count). The molecule has 2 fully saturated rings. The zero-order chi connectivity index (χ0) is 14.0. The van der Waals surface area contributed by atoms with E-state index in [1.807, 2.05) is 0 Å². The van der Waals surface area contributed by atoms with Gasteiger partial charge < -0.3 is 9.80 Å². The van der Waals surface area contributed by atoms with Crippen molar-refractivity contribution in [1.29, 1.82) is 0 Å². The fraction of sp³-hybridized carbons (Fsp3) is 0.571. The number of fused-ring (bicyclic) bond motifs is 1. The Morgan fingerprint density at radius 1 is 1.53 bits per heavy atom. The largest absolute Gasteiger partial charge is 0.333 e. The monoisotopic (exact) mass is 280 g/mol. The van der Waals surface area contributed by atoms with E-state index >= 15 is 0 Å². The van der Waals surface area contributed by atoms with E-state index in [-0.39, 0.29) is 22.7 Å². The molecule has 0 bridgehead atoms. The van der Waals surface area contributed by atoms with Crippen LogP contribution < -0.4 is 0 Å². The highest BCUT2D eigenvalue weighted by atomic mass is 32.2. The number of rotatable bonds is 5. The van der Waals surface area contributed by atoms with Crippen LogP contribution in [0.25, 0.3) is 0 Å². The standard InChI is InChI=1S/C14H20N2O2S/c1-4-8-15(9-5-2)13(18)11-10-19-14(3)7-6-12(17)16(11)14/h4-5,11H,1-2,6-10H2,3H3/t11-,14+/m1/s1. The molecule has 2 amide bonds. The fourth-order valence-electron chi connectivity index (χ4n) is 2.78. The van der Waals surface area contributed by atoms with Crippen LogP contribution >= 0.6 is 11.8 Å². The Morgan fingerprint density at radius 3 is 2.74 bits per heavy atom. The second-order valence-electron chi connectivity index (χ2n) is 5.09. The van der Waals surface area contributed by atoms with E-state index in [0.717, 1.165) is 6.42 Å². The van der Waals surface area contributed by atoms with Gasteiger partial charge >= 0.3 is 0 Å². The minimum Gasteiger partial charge on any atom is -0.333 e. The Kier molecular flexibility index (Phi) is 4.04. The molecule has 5 heteroatoms. The van der Waals surface area contributed by atoms with E-state index in [2.05, 4.69) is 20.1 Å². The van der Waals surface area contributed by atoms with Gasteiger partial charge in [-0.15, -0.1) is 24.9 Å². The highest BCUT2D eigenvalue weighted by molar-refractivity contribution is 8.01. The van der Waals surface area contributed by atoms with Gasteiger partial charge in [0.1, 0.15) is 6.04 Å². The highest BCUT2D eigenvalue weighted by Crippen LogP contribution is 2.47. The third-order valence-corrected chi connectivity index (χ3v) is 5.25. The van der Waals surface area contributed by atoms with Gasteiger partial charge in [0, 0.05) is 25.3 Å². The SMILES string of the molecule is C=CCN(CC=C)C(=O)[C@H]1CS[C@@]2(C)CCC(=O)N12. The van der Waals surface area contributed by atoms with Gasteiger partial charge in [-0.25, -0.2) is 0 Å². The minimum atomic E-state index is -0.329. The number of hydrogen-bond acceptors (Lipinski definition) is 3. The summed E-state index contributed by atoms with van der Waals surface area (Å²) in [6.07, 6.45) is 4.79. The molecule has 2 atom stereocenters. The van der Waals surface area contributed by atoms with Crippen molar-refractivity contribution in [3.8, 4) is 0 Å². The van der Waals surface area contributed by atoms with Crippen LogP contribution in [-0.2, 0) is 9.59 Å². The van der Waals surface area contributed by atoms with Crippen LogP contribution in [0.15, 0.2) is 25.3 Å². The van der Waals surface area contributed by atoms with Crippen molar-refractivity contribution in [3.05, 3.63) is 25.3 Å². The molecule has 2 heterocycles. The van der Waals surface area contributed by atoms with Crippen LogP contribution in [0.5, 0.6) is 0 Å². The minimum absolute atomic E-state index is 0.00581. The van der Waals surface area contributed by atoms with Gasteiger partial charge in [0.05, 0.1) is 4.87 Å². The maximum Gasteiger partial charge on any atom is 0.246 e. The third kappa shape index (κ3) is 2.43. The zero-order valence-electron chi connectivity index (χ0n) is 11.3. The molecule has 4 nitrogen and oxygen atoms in total. The van der Waals surface area contributed by atoms with Gasteiger partial charge in [0.2, 0.25) is 11.8 Å². The van der Waals surface area contributed by atoms with E-state index in [9.17, 15) is 9.59 Å². The first-order chi connectivity index (χ1) is 9.03. The van der Waals surface area contributed by atoms with Crippen LogP contribution in [0, 0.1) is 0 Å². The Balaban J connectivity index is 2.17. The number of carbonyl (C=O) groups excluding carboxylic acids is 2. The molecule has 0 saturated carbocycles. The summed E-state index contributed by atoms with van der Waals surface area (Å²) in [6.45, 7) is 10.4. The lowest BCUT2D eigenvalue weighted by atomic mass is 10.2. The molecule has 104 valence electrons. The molecular weight excluding hydrogens is 260 g/mol. The van der Waals surface area contributed by atoms with Crippen molar-refractivity contribution in [2.24, 2.45) is 0 Å². The van der Waals surface area contributed by atoms with Crippen molar-refractivity contribution < 1.29 is 9.59 Å². The first-order valence-electron chi connectivity index (χ1n) is 6.50. The van der Waals surface area contributed by atoms with Gasteiger partial charge in [-0.1, -0.05) is 12.2 Å². The number of amides is 2. The predicted octanol–water partition coefficient (Wildman–Crippen LogP) is 1.64. The van der Waals surface area contributed by atoms with Gasteiger partial charge in [-0.05, 0) is 13.3 Å². The average Bonchev–Trinajstić information content (AvgIpc) is 2.86. The summed E-state index contributed by atoms with van der Waals surface area (Å²) in [5.74, 6) is 0.792. The van der Waals surface area contributed by atoms with Crippen LogP contribution in [0.2, 0.25) is 0 Å². The molecule has 0 unspecified atom stereocenters. The smallest absolute Gasteiger partial charge is 0.246 e. The maximum absolute atomic E-state index is 12.6. The number of nitrogens with zero attached hydrogens (tertiary/aromatic N) is 2. The molecule has 0 aromatic carbocycles. The molecule has 0 aromatic rings. The Bertz CT molecular complexity index is 414. The Labute approximate surface area is 118 Å². The molecular formula is C14H20N2O2S. The molecule has 0 N–H and O–H groups in total. The van der Waals surface area contributed by atoms with E-state index in [1.165, 1.54) is 0 Å². The molecule has 2 saturated heterocycles. The van der Waals surface area contributed by atoms with Gasteiger partial charge in [0.15, 0.2) is 0 Å². The van der Waals surface area contributed by atoms with Crippen LogP contribution in [0.4, 0.5) is 0 Å². The number of carbonyl (C=O) groups is 2. The second-order valence-corrected chi connectivity index (χ2v) is 6.59. The fourth-order valence-corrected chi connectivity index (χ4v) is 4.20. The summed E-state index contributed by atoms with van der Waals surface area (Å²) in [4.78, 5) is 27.9. The van der Waals surface area contributed by atoms with Crippen LogP contribution in [0.3, 0.4) is 0 Å². The van der Waals surface area contributed by atoms with Crippen LogP contribution in [0.1, 0.15) is 19.8 Å². The summed E-state index contributed by atoms with van der Waals surface area (Å²) < 4.78 is 0. The van der Waals surface area contributed by atoms with Crippen LogP contribution in [-0.4, -0.2) is 51.4 Å². The first kappa shape index (κ1) is 14.2. The topological polar surface area (TPSA) is 40.6 Å². The highest BCUT2D eigenvalue weighted by Gasteiger charge is 2.53. The second kappa shape index (κ2) is 5.41. The average molecular weight is 280 g/mol. The van der Waals surface area contributed by atoms with Crippen molar-refractivity contribution in [1.82, 2.24) is 9.80 Å². The summed E-state index contributed by atoms with van der Waals surface area (Å²) in [5, 5.41) is 0. The third-order valence-electron chi connectivity index (χ3n) is 3.74. The summed E-state index contributed by atoms with van der Waals surface area (Å²) in [7, 11) is 0. The normalized spacial score (nSPS) is 29.2. The predicted molar refractivity (Wildman–Crippen MR) is 77.7 cm³/mol. The lowest BCUT2D eigenvalue weighted by molar-refractivity contribution is -0.143. The molecule has 2 aliphatic rings. The summed E-state index contributed by atoms with van der Waals surface area (Å²) >= 11 is 1.71. The van der Waals surface area contributed by atoms with Crippen molar-refractivity contribution in [2.45, 2.75) is 30.7 Å². The number of hydrogen-bond donors (Lipinski definition) is 0. The molecule has 0 spiro atoms.